The summed E-state index contributed by atoms with van der Waals surface area (Å²) < 4.78 is 39.1. The highest BCUT2D eigenvalue weighted by Crippen LogP contribution is 2.37. The highest BCUT2D eigenvalue weighted by Gasteiger charge is 2.34. The van der Waals surface area contributed by atoms with E-state index >= 15 is 0 Å². The highest BCUT2D eigenvalue weighted by atomic mass is 35.5. The molecular formula is C11H6ClF3N2O2. The van der Waals surface area contributed by atoms with Gasteiger partial charge in [-0.05, 0) is 12.1 Å². The van der Waals surface area contributed by atoms with Crippen LogP contribution in [0.3, 0.4) is 0 Å². The van der Waals surface area contributed by atoms with Gasteiger partial charge < -0.3 is 5.11 Å². The van der Waals surface area contributed by atoms with E-state index in [0.717, 1.165) is 16.7 Å². The minimum Gasteiger partial charge on any atom is -0.475 e. The first-order chi connectivity index (χ1) is 8.82. The van der Waals surface area contributed by atoms with Gasteiger partial charge in [-0.1, -0.05) is 17.7 Å². The van der Waals surface area contributed by atoms with Crippen LogP contribution in [0.1, 0.15) is 16.2 Å². The van der Waals surface area contributed by atoms with Crippen LogP contribution < -0.4 is 0 Å². The van der Waals surface area contributed by atoms with Crippen molar-refractivity contribution in [2.75, 3.05) is 0 Å². The van der Waals surface area contributed by atoms with E-state index in [9.17, 15) is 18.0 Å². The molecule has 0 aliphatic heterocycles. The van der Waals surface area contributed by atoms with Gasteiger partial charge in [-0.25, -0.2) is 9.78 Å². The largest absolute Gasteiger partial charge is 0.475 e. The Labute approximate surface area is 110 Å². The first kappa shape index (κ1) is 13.4. The van der Waals surface area contributed by atoms with E-state index in [-0.39, 0.29) is 5.69 Å². The molecule has 100 valence electrons. The summed E-state index contributed by atoms with van der Waals surface area (Å²) in [5.41, 5.74) is -1.12. The van der Waals surface area contributed by atoms with Crippen LogP contribution in [0.15, 0.2) is 30.6 Å². The summed E-state index contributed by atoms with van der Waals surface area (Å²) >= 11 is 5.70. The zero-order valence-corrected chi connectivity index (χ0v) is 9.90. The van der Waals surface area contributed by atoms with Crippen LogP contribution in [0.5, 0.6) is 0 Å². The second-order valence-corrected chi connectivity index (χ2v) is 3.94. The number of hydrogen-bond acceptors (Lipinski definition) is 2. The van der Waals surface area contributed by atoms with Crippen molar-refractivity contribution in [3.63, 3.8) is 0 Å². The van der Waals surface area contributed by atoms with Crippen molar-refractivity contribution < 1.29 is 23.1 Å². The molecule has 4 nitrogen and oxygen atoms in total. The molecule has 0 spiro atoms. The van der Waals surface area contributed by atoms with Gasteiger partial charge in [0.15, 0.2) is 0 Å². The molecule has 0 unspecified atom stereocenters. The first-order valence-electron chi connectivity index (χ1n) is 4.95. The van der Waals surface area contributed by atoms with Crippen molar-refractivity contribution in [3.05, 3.63) is 47.0 Å². The van der Waals surface area contributed by atoms with E-state index in [2.05, 4.69) is 4.98 Å². The second-order valence-electron chi connectivity index (χ2n) is 3.56. The zero-order valence-electron chi connectivity index (χ0n) is 9.15. The highest BCUT2D eigenvalue weighted by molar-refractivity contribution is 6.33. The third-order valence-corrected chi connectivity index (χ3v) is 2.77. The molecular weight excluding hydrogens is 285 g/mol. The maximum atomic E-state index is 12.7. The summed E-state index contributed by atoms with van der Waals surface area (Å²) in [6.07, 6.45) is -2.22. The molecule has 1 heterocycles. The van der Waals surface area contributed by atoms with Gasteiger partial charge in [0.1, 0.15) is 0 Å². The Morgan fingerprint density at radius 1 is 1.37 bits per heavy atom. The van der Waals surface area contributed by atoms with Crippen LogP contribution in [0.25, 0.3) is 5.69 Å². The van der Waals surface area contributed by atoms with E-state index in [4.69, 9.17) is 16.7 Å². The molecule has 2 rings (SSSR count). The van der Waals surface area contributed by atoms with Gasteiger partial charge in [-0.2, -0.15) is 13.2 Å². The first-order valence-corrected chi connectivity index (χ1v) is 5.33. The smallest absolute Gasteiger partial charge is 0.417 e. The number of carbonyl (C=O) groups is 1. The molecule has 0 saturated carbocycles. The van der Waals surface area contributed by atoms with Crippen molar-refractivity contribution in [2.24, 2.45) is 0 Å². The number of carboxylic acids is 1. The van der Waals surface area contributed by atoms with Crippen molar-refractivity contribution in [1.82, 2.24) is 9.55 Å². The fourth-order valence-corrected chi connectivity index (χ4v) is 1.91. The normalized spacial score (nSPS) is 11.6. The Bertz CT molecular complexity index is 637. The van der Waals surface area contributed by atoms with E-state index < -0.39 is 28.6 Å². The SMILES string of the molecule is O=C(O)c1nccn1-c1cccc(C(F)(F)F)c1Cl. The standard InChI is InChI=1S/C11H6ClF3N2O2/c12-8-6(11(13,14)15)2-1-3-7(8)17-5-4-16-9(17)10(18)19/h1-5H,(H,18,19). The topological polar surface area (TPSA) is 55.1 Å². The Kier molecular flexibility index (Phi) is 3.23. The van der Waals surface area contributed by atoms with Crippen LogP contribution in [0.4, 0.5) is 13.2 Å². The lowest BCUT2D eigenvalue weighted by molar-refractivity contribution is -0.137. The number of imidazole rings is 1. The molecule has 8 heteroatoms. The predicted octanol–water partition coefficient (Wildman–Crippen LogP) is 3.24. The maximum Gasteiger partial charge on any atom is 0.417 e. The third kappa shape index (κ3) is 2.41. The van der Waals surface area contributed by atoms with Gasteiger partial charge in [0.2, 0.25) is 5.82 Å². The van der Waals surface area contributed by atoms with Crippen LogP contribution in [0, 0.1) is 0 Å². The van der Waals surface area contributed by atoms with Gasteiger partial charge in [-0.15, -0.1) is 0 Å². The van der Waals surface area contributed by atoms with Gasteiger partial charge in [0, 0.05) is 12.4 Å². The molecule has 0 saturated heterocycles. The average Bonchev–Trinajstić information content (AvgIpc) is 2.76. The summed E-state index contributed by atoms with van der Waals surface area (Å²) in [5.74, 6) is -1.78. The zero-order chi connectivity index (χ0) is 14.2. The fourth-order valence-electron chi connectivity index (χ4n) is 1.58. The van der Waals surface area contributed by atoms with Crippen LogP contribution in [-0.4, -0.2) is 20.6 Å². The fraction of sp³-hybridized carbons (Fsp3) is 0.0909. The number of aromatic carboxylic acids is 1. The molecule has 19 heavy (non-hydrogen) atoms. The lowest BCUT2D eigenvalue weighted by Crippen LogP contribution is -2.11. The Balaban J connectivity index is 2.64. The Morgan fingerprint density at radius 2 is 2.05 bits per heavy atom. The molecule has 1 N–H and O–H groups in total. The summed E-state index contributed by atoms with van der Waals surface area (Å²) in [7, 11) is 0. The predicted molar refractivity (Wildman–Crippen MR) is 60.5 cm³/mol. The lowest BCUT2D eigenvalue weighted by atomic mass is 10.2. The number of carboxylic acid groups (broad SMARTS) is 1. The summed E-state index contributed by atoms with van der Waals surface area (Å²) in [4.78, 5) is 14.4. The summed E-state index contributed by atoms with van der Waals surface area (Å²) in [5, 5.41) is 8.31. The van der Waals surface area contributed by atoms with Crippen LogP contribution in [0.2, 0.25) is 5.02 Å². The number of rotatable bonds is 2. The molecule has 0 aliphatic rings. The van der Waals surface area contributed by atoms with Crippen molar-refractivity contribution in [1.29, 1.82) is 0 Å². The van der Waals surface area contributed by atoms with E-state index in [1.54, 1.807) is 0 Å². The van der Waals surface area contributed by atoms with Crippen molar-refractivity contribution >= 4 is 17.6 Å². The van der Waals surface area contributed by atoms with E-state index in [0.29, 0.717) is 0 Å². The number of nitrogens with zero attached hydrogens (tertiary/aromatic N) is 2. The number of halogens is 4. The second kappa shape index (κ2) is 4.58. The van der Waals surface area contributed by atoms with E-state index in [1.165, 1.54) is 18.5 Å². The molecule has 1 aromatic heterocycles. The Morgan fingerprint density at radius 3 is 2.63 bits per heavy atom. The molecule has 0 bridgehead atoms. The van der Waals surface area contributed by atoms with Crippen molar-refractivity contribution in [3.8, 4) is 5.69 Å². The van der Waals surface area contributed by atoms with Gasteiger partial charge >= 0.3 is 12.1 Å². The molecule has 2 aromatic rings. The summed E-state index contributed by atoms with van der Waals surface area (Å²) in [6, 6.07) is 3.25. The minimum atomic E-state index is -4.61. The number of hydrogen-bond donors (Lipinski definition) is 1. The molecule has 1 aromatic carbocycles. The monoisotopic (exact) mass is 290 g/mol. The molecule has 0 radical (unpaired) electrons. The Hall–Kier alpha value is -2.02. The third-order valence-electron chi connectivity index (χ3n) is 2.38. The van der Waals surface area contributed by atoms with Gasteiger partial charge in [0.05, 0.1) is 16.3 Å². The maximum absolute atomic E-state index is 12.7. The average molecular weight is 291 g/mol. The number of alkyl halides is 3. The van der Waals surface area contributed by atoms with E-state index in [1.807, 2.05) is 0 Å². The van der Waals surface area contributed by atoms with Gasteiger partial charge in [0.25, 0.3) is 0 Å². The van der Waals surface area contributed by atoms with Crippen LogP contribution >= 0.6 is 11.6 Å². The lowest BCUT2D eigenvalue weighted by Gasteiger charge is -2.13. The minimum absolute atomic E-state index is 0.0913. The quantitative estimate of drug-likeness (QED) is 0.924. The van der Waals surface area contributed by atoms with Crippen LogP contribution in [-0.2, 0) is 6.18 Å². The number of benzene rings is 1. The van der Waals surface area contributed by atoms with Crippen molar-refractivity contribution in [2.45, 2.75) is 6.18 Å². The molecule has 0 atom stereocenters. The van der Waals surface area contributed by atoms with Gasteiger partial charge in [-0.3, -0.25) is 4.57 Å². The summed E-state index contributed by atoms with van der Waals surface area (Å²) in [6.45, 7) is 0. The molecule has 0 amide bonds. The number of aromatic nitrogens is 2. The molecule has 0 aliphatic carbocycles. The molecule has 0 fully saturated rings.